The quantitative estimate of drug-likeness (QED) is 0.0321. The highest BCUT2D eigenvalue weighted by atomic mass is 16.5. The average Bonchev–Trinajstić information content (AvgIpc) is 3.32. The fourth-order valence-corrected chi connectivity index (χ4v) is 9.16. The minimum absolute atomic E-state index is 0.0111. The summed E-state index contributed by atoms with van der Waals surface area (Å²) >= 11 is 0. The molecule has 2 unspecified atom stereocenters. The number of nitrogens with one attached hydrogen (secondary N) is 1. The lowest BCUT2D eigenvalue weighted by Gasteiger charge is -2.20. The molecule has 0 aromatic rings. The van der Waals surface area contributed by atoms with Gasteiger partial charge in [-0.05, 0) is 57.8 Å². The third-order valence-electron chi connectivity index (χ3n) is 13.7. The SMILES string of the molecule is CCCCCCCCCCCC/C=C/C(O)C(CO)NC(=O)CCCCCCCCC/C=C\CCCCCCCCCCCCOC(=O)CCCCCCCCCCCCCCCCCC. The second-order valence-electron chi connectivity index (χ2n) is 20.3. The Morgan fingerprint density at radius 3 is 1.08 bits per heavy atom. The van der Waals surface area contributed by atoms with Crippen molar-refractivity contribution in [2.45, 2.75) is 334 Å². The standard InChI is InChI=1S/C60H115NO5/c1-3-5-7-9-11-13-15-17-18-27-30-34-38-42-46-50-54-60(65)66-55-51-47-43-39-35-31-28-25-23-21-19-20-22-24-26-29-33-37-41-45-49-53-59(64)61-57(56-62)58(63)52-48-44-40-36-32-16-14-12-10-8-6-4-2/h20,22,48,52,57-58,62-63H,3-19,21,23-47,49-51,53-56H2,1-2H3,(H,61,64)/b22-20-,52-48+. The maximum Gasteiger partial charge on any atom is 0.305 e. The molecule has 6 heteroatoms. The highest BCUT2D eigenvalue weighted by molar-refractivity contribution is 5.76. The number of carbonyl (C=O) groups excluding carboxylic acids is 2. The molecule has 0 spiro atoms. The molecule has 66 heavy (non-hydrogen) atoms. The third-order valence-corrected chi connectivity index (χ3v) is 13.7. The van der Waals surface area contributed by atoms with Crippen molar-refractivity contribution >= 4 is 11.9 Å². The summed E-state index contributed by atoms with van der Waals surface area (Å²) in [6, 6.07) is -0.632. The molecule has 0 saturated heterocycles. The van der Waals surface area contributed by atoms with Crippen LogP contribution in [0, 0.1) is 0 Å². The minimum atomic E-state index is -0.848. The monoisotopic (exact) mass is 930 g/mol. The van der Waals surface area contributed by atoms with E-state index in [0.717, 1.165) is 44.9 Å². The number of unbranched alkanes of at least 4 members (excludes halogenated alkanes) is 42. The predicted octanol–water partition coefficient (Wildman–Crippen LogP) is 18.2. The van der Waals surface area contributed by atoms with Crippen molar-refractivity contribution < 1.29 is 24.5 Å². The first kappa shape index (κ1) is 64.3. The molecule has 0 heterocycles. The maximum atomic E-state index is 12.4. The van der Waals surface area contributed by atoms with Gasteiger partial charge < -0.3 is 20.3 Å². The Kier molecular flexibility index (Phi) is 54.5. The Morgan fingerprint density at radius 2 is 0.712 bits per heavy atom. The van der Waals surface area contributed by atoms with E-state index in [9.17, 15) is 19.8 Å². The first-order valence-electron chi connectivity index (χ1n) is 29.6. The largest absolute Gasteiger partial charge is 0.466 e. The van der Waals surface area contributed by atoms with Crippen LogP contribution in [0.4, 0.5) is 0 Å². The zero-order chi connectivity index (χ0) is 47.9. The molecule has 0 radical (unpaired) electrons. The van der Waals surface area contributed by atoms with Gasteiger partial charge in [-0.25, -0.2) is 0 Å². The molecule has 0 aromatic carbocycles. The molecule has 0 aliphatic rings. The van der Waals surface area contributed by atoms with Crippen molar-refractivity contribution in [3.05, 3.63) is 24.3 Å². The van der Waals surface area contributed by atoms with Crippen LogP contribution in [-0.4, -0.2) is 47.4 Å². The van der Waals surface area contributed by atoms with Crippen molar-refractivity contribution in [1.82, 2.24) is 5.32 Å². The van der Waals surface area contributed by atoms with Crippen LogP contribution in [-0.2, 0) is 14.3 Å². The van der Waals surface area contributed by atoms with E-state index < -0.39 is 12.1 Å². The van der Waals surface area contributed by atoms with Gasteiger partial charge in [0.2, 0.25) is 5.91 Å². The Morgan fingerprint density at radius 1 is 0.409 bits per heavy atom. The second-order valence-corrected chi connectivity index (χ2v) is 20.3. The van der Waals surface area contributed by atoms with Gasteiger partial charge in [0.25, 0.3) is 0 Å². The number of ether oxygens (including phenoxy) is 1. The summed E-state index contributed by atoms with van der Waals surface area (Å²) in [5, 5.41) is 23.0. The number of hydrogen-bond donors (Lipinski definition) is 3. The lowest BCUT2D eigenvalue weighted by molar-refractivity contribution is -0.143. The normalized spacial score (nSPS) is 12.7. The fraction of sp³-hybridized carbons (Fsp3) is 0.900. The summed E-state index contributed by atoms with van der Waals surface area (Å²) < 4.78 is 5.49. The second kappa shape index (κ2) is 55.9. The average molecular weight is 931 g/mol. The molecule has 0 aliphatic heterocycles. The topological polar surface area (TPSA) is 95.9 Å². The molecular weight excluding hydrogens is 815 g/mol. The first-order valence-corrected chi connectivity index (χ1v) is 29.6. The molecule has 0 saturated carbocycles. The van der Waals surface area contributed by atoms with Gasteiger partial charge in [0.15, 0.2) is 0 Å². The molecule has 0 bridgehead atoms. The number of rotatable bonds is 55. The zero-order valence-electron chi connectivity index (χ0n) is 44.4. The summed E-state index contributed by atoms with van der Waals surface area (Å²) in [7, 11) is 0. The lowest BCUT2D eigenvalue weighted by Crippen LogP contribution is -2.45. The van der Waals surface area contributed by atoms with Gasteiger partial charge in [0, 0.05) is 12.8 Å². The van der Waals surface area contributed by atoms with E-state index in [4.69, 9.17) is 4.74 Å². The minimum Gasteiger partial charge on any atom is -0.466 e. The number of aliphatic hydroxyl groups is 2. The van der Waals surface area contributed by atoms with Gasteiger partial charge in [-0.15, -0.1) is 0 Å². The number of hydrogen-bond acceptors (Lipinski definition) is 5. The van der Waals surface area contributed by atoms with Crippen LogP contribution in [0.25, 0.3) is 0 Å². The molecule has 0 aromatic heterocycles. The Balaban J connectivity index is 3.41. The van der Waals surface area contributed by atoms with E-state index in [1.165, 1.54) is 250 Å². The smallest absolute Gasteiger partial charge is 0.305 e. The predicted molar refractivity (Wildman–Crippen MR) is 287 cm³/mol. The van der Waals surface area contributed by atoms with Crippen molar-refractivity contribution in [3.63, 3.8) is 0 Å². The number of amides is 1. The van der Waals surface area contributed by atoms with Crippen LogP contribution in [0.5, 0.6) is 0 Å². The van der Waals surface area contributed by atoms with E-state index in [1.807, 2.05) is 6.08 Å². The van der Waals surface area contributed by atoms with Crippen molar-refractivity contribution in [2.24, 2.45) is 0 Å². The van der Waals surface area contributed by atoms with E-state index in [1.54, 1.807) is 6.08 Å². The molecule has 6 nitrogen and oxygen atoms in total. The molecule has 390 valence electrons. The van der Waals surface area contributed by atoms with E-state index in [2.05, 4.69) is 31.3 Å². The van der Waals surface area contributed by atoms with E-state index in [0.29, 0.717) is 19.4 Å². The summed E-state index contributed by atoms with van der Waals surface area (Å²) in [6.07, 6.45) is 67.8. The number of aliphatic hydroxyl groups excluding tert-OH is 2. The molecule has 2 atom stereocenters. The van der Waals surface area contributed by atoms with Crippen LogP contribution >= 0.6 is 0 Å². The maximum absolute atomic E-state index is 12.4. The van der Waals surface area contributed by atoms with E-state index >= 15 is 0 Å². The van der Waals surface area contributed by atoms with Crippen molar-refractivity contribution in [2.75, 3.05) is 13.2 Å². The third kappa shape index (κ3) is 51.7. The Hall–Kier alpha value is -1.66. The van der Waals surface area contributed by atoms with Crippen molar-refractivity contribution in [3.8, 4) is 0 Å². The van der Waals surface area contributed by atoms with Gasteiger partial charge in [-0.2, -0.15) is 0 Å². The number of allylic oxidation sites excluding steroid dienone is 3. The van der Waals surface area contributed by atoms with Crippen LogP contribution < -0.4 is 5.32 Å². The summed E-state index contributed by atoms with van der Waals surface area (Å²) in [4.78, 5) is 24.5. The Labute approximate surface area is 411 Å². The van der Waals surface area contributed by atoms with Crippen LogP contribution in [0.3, 0.4) is 0 Å². The molecule has 0 aliphatic carbocycles. The number of esters is 1. The van der Waals surface area contributed by atoms with Gasteiger partial charge in [0.1, 0.15) is 0 Å². The zero-order valence-corrected chi connectivity index (χ0v) is 44.4. The lowest BCUT2D eigenvalue weighted by atomic mass is 10.0. The van der Waals surface area contributed by atoms with Crippen molar-refractivity contribution in [1.29, 1.82) is 0 Å². The fourth-order valence-electron chi connectivity index (χ4n) is 9.16. The van der Waals surface area contributed by atoms with Gasteiger partial charge >= 0.3 is 5.97 Å². The summed E-state index contributed by atoms with van der Waals surface area (Å²) in [5.74, 6) is -0.0647. The first-order chi connectivity index (χ1) is 32.5. The Bertz CT molecular complexity index is 1030. The van der Waals surface area contributed by atoms with Crippen LogP contribution in [0.15, 0.2) is 24.3 Å². The van der Waals surface area contributed by atoms with E-state index in [-0.39, 0.29) is 18.5 Å². The molecule has 3 N–H and O–H groups in total. The van der Waals surface area contributed by atoms with Gasteiger partial charge in [-0.3, -0.25) is 9.59 Å². The van der Waals surface area contributed by atoms with Crippen LogP contribution in [0.2, 0.25) is 0 Å². The summed E-state index contributed by atoms with van der Waals surface area (Å²) in [6.45, 7) is 4.90. The summed E-state index contributed by atoms with van der Waals surface area (Å²) in [5.41, 5.74) is 0. The molecule has 1 amide bonds. The molecule has 0 fully saturated rings. The molecular formula is C60H115NO5. The highest BCUT2D eigenvalue weighted by Crippen LogP contribution is 2.17. The van der Waals surface area contributed by atoms with Crippen LogP contribution in [0.1, 0.15) is 322 Å². The highest BCUT2D eigenvalue weighted by Gasteiger charge is 2.18. The van der Waals surface area contributed by atoms with Gasteiger partial charge in [-0.1, -0.05) is 276 Å². The number of carbonyl (C=O) groups is 2. The van der Waals surface area contributed by atoms with Gasteiger partial charge in [0.05, 0.1) is 25.4 Å². The molecule has 0 rings (SSSR count).